The van der Waals surface area contributed by atoms with Crippen molar-refractivity contribution >= 4 is 12.2 Å². The summed E-state index contributed by atoms with van der Waals surface area (Å²) in [6.07, 6.45) is 11.9. The molecule has 2 fully saturated rings. The molecule has 1 aliphatic carbocycles. The molecule has 1 saturated carbocycles. The fraction of sp³-hybridized carbons (Fsp3) is 0.727. The topological polar surface area (TPSA) is 36.4 Å². The van der Waals surface area contributed by atoms with Crippen molar-refractivity contribution in [2.24, 2.45) is 5.92 Å². The van der Waals surface area contributed by atoms with Gasteiger partial charge in [-0.3, -0.25) is 4.79 Å². The number of piperidine rings is 1. The van der Waals surface area contributed by atoms with E-state index in [9.17, 15) is 4.79 Å². The average Bonchev–Trinajstić information content (AvgIpc) is 2.70. The quantitative estimate of drug-likeness (QED) is 0.706. The molecule has 1 aromatic heterocycles. The predicted octanol–water partition coefficient (Wildman–Crippen LogP) is 5.06. The van der Waals surface area contributed by atoms with Crippen LogP contribution < -0.4 is 4.90 Å². The van der Waals surface area contributed by atoms with E-state index in [4.69, 9.17) is 0 Å². The minimum absolute atomic E-state index is 0.534. The van der Waals surface area contributed by atoms with Gasteiger partial charge in [0.2, 0.25) is 6.41 Å². The summed E-state index contributed by atoms with van der Waals surface area (Å²) < 4.78 is 0. The number of aromatic nitrogens is 1. The highest BCUT2D eigenvalue weighted by Gasteiger charge is 2.17. The summed E-state index contributed by atoms with van der Waals surface area (Å²) in [4.78, 5) is 19.0. The molecule has 1 amide bonds. The standard InChI is InChI=1S/C12H18N2.C8H15NO.C2H6/c1-10-5-6-12(13-8-10)14-7-3-4-11(2)9-14;1-9(7-10)8-5-3-2-4-6-8;1-2/h5-6,8,11H,3-4,7,9H2,1-2H3;7-8H,2-6H2,1H3;1-2H3. The molecule has 148 valence electrons. The van der Waals surface area contributed by atoms with Gasteiger partial charge in [0.05, 0.1) is 0 Å². The van der Waals surface area contributed by atoms with Gasteiger partial charge in [0.1, 0.15) is 5.82 Å². The van der Waals surface area contributed by atoms with E-state index >= 15 is 0 Å². The number of rotatable bonds is 3. The minimum Gasteiger partial charge on any atom is -0.356 e. The first-order valence-electron chi connectivity index (χ1n) is 10.4. The summed E-state index contributed by atoms with van der Waals surface area (Å²) in [5.41, 5.74) is 1.24. The number of anilines is 1. The third-order valence-corrected chi connectivity index (χ3v) is 5.19. The van der Waals surface area contributed by atoms with E-state index in [1.165, 1.54) is 57.1 Å². The van der Waals surface area contributed by atoms with Crippen LogP contribution >= 0.6 is 0 Å². The Morgan fingerprint density at radius 3 is 2.35 bits per heavy atom. The lowest BCUT2D eigenvalue weighted by molar-refractivity contribution is -0.119. The second-order valence-electron chi connectivity index (χ2n) is 7.45. The van der Waals surface area contributed by atoms with Crippen molar-refractivity contribution in [3.05, 3.63) is 23.9 Å². The van der Waals surface area contributed by atoms with Gasteiger partial charge in [-0.2, -0.15) is 0 Å². The van der Waals surface area contributed by atoms with Crippen LogP contribution in [0.3, 0.4) is 0 Å². The maximum Gasteiger partial charge on any atom is 0.209 e. The van der Waals surface area contributed by atoms with E-state index in [0.717, 1.165) is 24.7 Å². The fourth-order valence-corrected chi connectivity index (χ4v) is 3.62. The Labute approximate surface area is 161 Å². The van der Waals surface area contributed by atoms with Crippen molar-refractivity contribution in [1.82, 2.24) is 9.88 Å². The summed E-state index contributed by atoms with van der Waals surface area (Å²) in [6, 6.07) is 4.81. The Kier molecular flexibility index (Phi) is 11.0. The second-order valence-corrected chi connectivity index (χ2v) is 7.45. The van der Waals surface area contributed by atoms with Crippen molar-refractivity contribution in [2.75, 3.05) is 25.0 Å². The Morgan fingerprint density at radius 1 is 1.12 bits per heavy atom. The van der Waals surface area contributed by atoms with Gasteiger partial charge >= 0.3 is 0 Å². The molecular formula is C22H39N3O. The molecule has 0 bridgehead atoms. The summed E-state index contributed by atoms with van der Waals surface area (Å²) >= 11 is 0. The number of nitrogens with zero attached hydrogens (tertiary/aromatic N) is 3. The maximum absolute atomic E-state index is 10.3. The lowest BCUT2D eigenvalue weighted by Crippen LogP contribution is -2.34. The zero-order valence-electron chi connectivity index (χ0n) is 17.6. The molecular weight excluding hydrogens is 322 g/mol. The molecule has 1 unspecified atom stereocenters. The first-order valence-corrected chi connectivity index (χ1v) is 10.4. The van der Waals surface area contributed by atoms with E-state index in [0.29, 0.717) is 6.04 Å². The van der Waals surface area contributed by atoms with Crippen LogP contribution in [0.1, 0.15) is 71.3 Å². The van der Waals surface area contributed by atoms with E-state index in [-0.39, 0.29) is 0 Å². The predicted molar refractivity (Wildman–Crippen MR) is 112 cm³/mol. The molecule has 3 rings (SSSR count). The van der Waals surface area contributed by atoms with Gasteiger partial charge in [-0.05, 0) is 50.2 Å². The van der Waals surface area contributed by atoms with Crippen LogP contribution in [0.15, 0.2) is 18.3 Å². The van der Waals surface area contributed by atoms with E-state index < -0.39 is 0 Å². The first-order chi connectivity index (χ1) is 12.6. The van der Waals surface area contributed by atoms with Crippen LogP contribution in [0.2, 0.25) is 0 Å². The summed E-state index contributed by atoms with van der Waals surface area (Å²) in [7, 11) is 1.88. The largest absolute Gasteiger partial charge is 0.356 e. The Balaban J connectivity index is 0.000000249. The minimum atomic E-state index is 0.534. The molecule has 1 saturated heterocycles. The van der Waals surface area contributed by atoms with Gasteiger partial charge in [-0.15, -0.1) is 0 Å². The average molecular weight is 362 g/mol. The molecule has 4 nitrogen and oxygen atoms in total. The number of pyridine rings is 1. The van der Waals surface area contributed by atoms with E-state index in [1.807, 2.05) is 27.1 Å². The molecule has 0 spiro atoms. The molecule has 4 heteroatoms. The van der Waals surface area contributed by atoms with E-state index in [1.54, 1.807) is 4.90 Å². The highest BCUT2D eigenvalue weighted by molar-refractivity contribution is 5.47. The van der Waals surface area contributed by atoms with Gasteiger partial charge in [-0.1, -0.05) is 46.1 Å². The lowest BCUT2D eigenvalue weighted by Gasteiger charge is -2.31. The zero-order chi connectivity index (χ0) is 19.4. The molecule has 0 aromatic carbocycles. The first kappa shape index (κ1) is 22.5. The Morgan fingerprint density at radius 2 is 1.81 bits per heavy atom. The number of carbonyl (C=O) groups excluding carboxylic acids is 1. The monoisotopic (exact) mass is 361 g/mol. The van der Waals surface area contributed by atoms with Crippen molar-refractivity contribution in [3.8, 4) is 0 Å². The summed E-state index contributed by atoms with van der Waals surface area (Å²) in [5, 5.41) is 0. The maximum atomic E-state index is 10.3. The summed E-state index contributed by atoms with van der Waals surface area (Å²) in [5.74, 6) is 1.95. The Bertz CT molecular complexity index is 483. The van der Waals surface area contributed by atoms with Gasteiger partial charge in [0.15, 0.2) is 0 Å². The van der Waals surface area contributed by atoms with Gasteiger partial charge < -0.3 is 9.80 Å². The lowest BCUT2D eigenvalue weighted by atomic mass is 9.95. The smallest absolute Gasteiger partial charge is 0.209 e. The van der Waals surface area contributed by atoms with Crippen molar-refractivity contribution in [1.29, 1.82) is 0 Å². The number of hydrogen-bond donors (Lipinski definition) is 0. The Hall–Kier alpha value is -1.58. The second kappa shape index (κ2) is 12.7. The third kappa shape index (κ3) is 7.76. The fourth-order valence-electron chi connectivity index (χ4n) is 3.62. The van der Waals surface area contributed by atoms with E-state index in [2.05, 4.69) is 35.9 Å². The molecule has 2 heterocycles. The van der Waals surface area contributed by atoms with Gasteiger partial charge in [0, 0.05) is 32.4 Å². The van der Waals surface area contributed by atoms with Crippen LogP contribution in [0, 0.1) is 12.8 Å². The zero-order valence-corrected chi connectivity index (χ0v) is 17.6. The molecule has 2 aliphatic rings. The van der Waals surface area contributed by atoms with Crippen molar-refractivity contribution in [2.45, 2.75) is 78.7 Å². The molecule has 1 aromatic rings. The molecule has 0 N–H and O–H groups in total. The summed E-state index contributed by atoms with van der Waals surface area (Å²) in [6.45, 7) is 10.7. The van der Waals surface area contributed by atoms with Crippen LogP contribution in [-0.4, -0.2) is 42.5 Å². The highest BCUT2D eigenvalue weighted by atomic mass is 16.1. The number of hydrogen-bond acceptors (Lipinski definition) is 3. The SMILES string of the molecule is CC.CN(C=O)C1CCCCC1.Cc1ccc(N2CCCC(C)C2)nc1. The highest BCUT2D eigenvalue weighted by Crippen LogP contribution is 2.21. The van der Waals surface area contributed by atoms with Crippen molar-refractivity contribution in [3.63, 3.8) is 0 Å². The third-order valence-electron chi connectivity index (χ3n) is 5.19. The molecule has 1 aliphatic heterocycles. The van der Waals surface area contributed by atoms with Crippen LogP contribution in [0.4, 0.5) is 5.82 Å². The molecule has 26 heavy (non-hydrogen) atoms. The van der Waals surface area contributed by atoms with Crippen LogP contribution in [0.25, 0.3) is 0 Å². The van der Waals surface area contributed by atoms with Crippen molar-refractivity contribution < 1.29 is 4.79 Å². The van der Waals surface area contributed by atoms with Gasteiger partial charge in [0.25, 0.3) is 0 Å². The van der Waals surface area contributed by atoms with Crippen LogP contribution in [-0.2, 0) is 4.79 Å². The number of aryl methyl sites for hydroxylation is 1. The normalized spacial score (nSPS) is 20.2. The molecule has 1 atom stereocenters. The molecule has 0 radical (unpaired) electrons. The number of carbonyl (C=O) groups is 1. The number of amides is 1. The van der Waals surface area contributed by atoms with Crippen LogP contribution in [0.5, 0.6) is 0 Å². The van der Waals surface area contributed by atoms with Gasteiger partial charge in [-0.25, -0.2) is 4.98 Å².